The second-order valence-corrected chi connectivity index (χ2v) is 6.01. The average molecular weight is 317 g/mol. The number of H-pyrrole nitrogens is 1. The zero-order chi connectivity index (χ0) is 16.4. The molecule has 0 unspecified atom stereocenters. The summed E-state index contributed by atoms with van der Waals surface area (Å²) in [4.78, 5) is 28.4. The summed E-state index contributed by atoms with van der Waals surface area (Å²) in [6.45, 7) is 3.67. The second-order valence-electron chi connectivity index (χ2n) is 6.01. The molecule has 1 fully saturated rings. The number of fused-ring (bicyclic) bond motifs is 1. The largest absolute Gasteiger partial charge is 0.357 e. The Kier molecular flexibility index (Phi) is 4.43. The first kappa shape index (κ1) is 15.7. The van der Waals surface area contributed by atoms with Crippen LogP contribution >= 0.6 is 0 Å². The Morgan fingerprint density at radius 3 is 2.78 bits per heavy atom. The van der Waals surface area contributed by atoms with Gasteiger partial charge in [-0.25, -0.2) is 4.39 Å². The van der Waals surface area contributed by atoms with Crippen LogP contribution in [0.5, 0.6) is 0 Å². The second kappa shape index (κ2) is 6.50. The molecule has 1 aliphatic rings. The Morgan fingerprint density at radius 1 is 1.35 bits per heavy atom. The molecule has 0 atom stereocenters. The minimum Gasteiger partial charge on any atom is -0.357 e. The summed E-state index contributed by atoms with van der Waals surface area (Å²) in [5, 5.41) is 3.78. The Balaban J connectivity index is 1.65. The number of aromatic nitrogens is 1. The zero-order valence-corrected chi connectivity index (χ0v) is 13.1. The molecule has 2 heterocycles. The van der Waals surface area contributed by atoms with Crippen LogP contribution in [0.1, 0.15) is 25.5 Å². The fourth-order valence-corrected chi connectivity index (χ4v) is 3.02. The summed E-state index contributed by atoms with van der Waals surface area (Å²) in [5.74, 6) is -0.291. The molecule has 1 aliphatic heterocycles. The standard InChI is InChI=1S/C17H20FN3O2/c1-11(22)21-6-4-13(5-7-21)19-10-14-9-17(23)15-8-12(18)2-3-16(15)20-14/h2-3,8-9,13,19H,4-7,10H2,1H3,(H,20,23). The Morgan fingerprint density at radius 2 is 2.09 bits per heavy atom. The lowest BCUT2D eigenvalue weighted by Crippen LogP contribution is -2.44. The summed E-state index contributed by atoms with van der Waals surface area (Å²) < 4.78 is 13.2. The van der Waals surface area contributed by atoms with Gasteiger partial charge in [0.1, 0.15) is 5.82 Å². The molecular weight excluding hydrogens is 297 g/mol. The molecule has 0 saturated carbocycles. The third-order valence-electron chi connectivity index (χ3n) is 4.37. The predicted molar refractivity (Wildman–Crippen MR) is 86.6 cm³/mol. The van der Waals surface area contributed by atoms with E-state index in [-0.39, 0.29) is 11.3 Å². The van der Waals surface area contributed by atoms with Crippen LogP contribution in [-0.4, -0.2) is 34.9 Å². The van der Waals surface area contributed by atoms with Gasteiger partial charge in [0.05, 0.1) is 0 Å². The summed E-state index contributed by atoms with van der Waals surface area (Å²) in [7, 11) is 0. The number of carbonyl (C=O) groups excluding carboxylic acids is 1. The molecule has 2 N–H and O–H groups in total. The predicted octanol–water partition coefficient (Wildman–Crippen LogP) is 1.77. The van der Waals surface area contributed by atoms with Crippen LogP contribution in [0.2, 0.25) is 0 Å². The minimum atomic E-state index is -0.411. The Bertz CT molecular complexity index is 779. The molecule has 6 heteroatoms. The highest BCUT2D eigenvalue weighted by molar-refractivity contribution is 5.78. The van der Waals surface area contributed by atoms with Crippen molar-refractivity contribution in [3.8, 4) is 0 Å². The van der Waals surface area contributed by atoms with Crippen molar-refractivity contribution in [1.29, 1.82) is 0 Å². The molecular formula is C17H20FN3O2. The van der Waals surface area contributed by atoms with Crippen molar-refractivity contribution in [3.05, 3.63) is 46.0 Å². The number of nitrogens with zero attached hydrogens (tertiary/aromatic N) is 1. The first-order valence-corrected chi connectivity index (χ1v) is 7.83. The van der Waals surface area contributed by atoms with Crippen molar-refractivity contribution >= 4 is 16.8 Å². The van der Waals surface area contributed by atoms with Crippen LogP contribution in [0.15, 0.2) is 29.1 Å². The van der Waals surface area contributed by atoms with Crippen molar-refractivity contribution < 1.29 is 9.18 Å². The number of hydrogen-bond acceptors (Lipinski definition) is 3. The van der Waals surface area contributed by atoms with Gasteiger partial charge in [-0.05, 0) is 31.0 Å². The fraction of sp³-hybridized carbons (Fsp3) is 0.412. The van der Waals surface area contributed by atoms with Crippen LogP contribution in [0, 0.1) is 5.82 Å². The van der Waals surface area contributed by atoms with E-state index < -0.39 is 5.82 Å². The molecule has 1 aromatic carbocycles. The first-order chi connectivity index (χ1) is 11.0. The number of rotatable bonds is 3. The van der Waals surface area contributed by atoms with E-state index in [1.807, 2.05) is 4.90 Å². The number of likely N-dealkylation sites (tertiary alicyclic amines) is 1. The summed E-state index contributed by atoms with van der Waals surface area (Å²) in [5.41, 5.74) is 1.24. The molecule has 1 amide bonds. The van der Waals surface area contributed by atoms with Gasteiger partial charge in [0, 0.05) is 55.3 Å². The molecule has 1 aromatic heterocycles. The molecule has 1 saturated heterocycles. The SMILES string of the molecule is CC(=O)N1CCC(NCc2cc(=O)c3cc(F)ccc3[nH]2)CC1. The normalized spacial score (nSPS) is 16.0. The van der Waals surface area contributed by atoms with Crippen LogP contribution < -0.4 is 10.7 Å². The van der Waals surface area contributed by atoms with Gasteiger partial charge in [-0.2, -0.15) is 0 Å². The van der Waals surface area contributed by atoms with Gasteiger partial charge in [-0.15, -0.1) is 0 Å². The molecule has 2 aromatic rings. The molecule has 0 radical (unpaired) electrons. The van der Waals surface area contributed by atoms with E-state index in [1.165, 1.54) is 18.2 Å². The highest BCUT2D eigenvalue weighted by Gasteiger charge is 2.20. The lowest BCUT2D eigenvalue weighted by atomic mass is 10.0. The van der Waals surface area contributed by atoms with E-state index in [0.717, 1.165) is 31.6 Å². The van der Waals surface area contributed by atoms with Crippen molar-refractivity contribution in [1.82, 2.24) is 15.2 Å². The lowest BCUT2D eigenvalue weighted by Gasteiger charge is -2.31. The van der Waals surface area contributed by atoms with Gasteiger partial charge in [-0.3, -0.25) is 9.59 Å². The average Bonchev–Trinajstić information content (AvgIpc) is 2.54. The van der Waals surface area contributed by atoms with Gasteiger partial charge in [0.2, 0.25) is 5.91 Å². The third kappa shape index (κ3) is 3.59. The maximum absolute atomic E-state index is 13.2. The van der Waals surface area contributed by atoms with Crippen molar-refractivity contribution in [3.63, 3.8) is 0 Å². The lowest BCUT2D eigenvalue weighted by molar-refractivity contribution is -0.129. The molecule has 3 rings (SSSR count). The number of halogens is 1. The molecule has 122 valence electrons. The Labute approximate surface area is 133 Å². The maximum Gasteiger partial charge on any atom is 0.219 e. The topological polar surface area (TPSA) is 65.2 Å². The van der Waals surface area contributed by atoms with Crippen molar-refractivity contribution in [2.24, 2.45) is 0 Å². The highest BCUT2D eigenvalue weighted by Crippen LogP contribution is 2.13. The molecule has 0 aliphatic carbocycles. The van der Waals surface area contributed by atoms with E-state index in [9.17, 15) is 14.0 Å². The number of benzene rings is 1. The van der Waals surface area contributed by atoms with E-state index in [4.69, 9.17) is 0 Å². The van der Waals surface area contributed by atoms with Crippen LogP contribution in [0.4, 0.5) is 4.39 Å². The molecule has 23 heavy (non-hydrogen) atoms. The number of carbonyl (C=O) groups is 1. The van der Waals surface area contributed by atoms with Gasteiger partial charge in [0.15, 0.2) is 5.43 Å². The smallest absolute Gasteiger partial charge is 0.219 e. The van der Waals surface area contributed by atoms with Gasteiger partial charge in [0.25, 0.3) is 0 Å². The zero-order valence-electron chi connectivity index (χ0n) is 13.1. The number of piperidine rings is 1. The van der Waals surface area contributed by atoms with E-state index in [0.29, 0.717) is 23.5 Å². The van der Waals surface area contributed by atoms with Gasteiger partial charge in [-0.1, -0.05) is 0 Å². The van der Waals surface area contributed by atoms with E-state index >= 15 is 0 Å². The molecule has 5 nitrogen and oxygen atoms in total. The molecule has 0 bridgehead atoms. The fourth-order valence-electron chi connectivity index (χ4n) is 3.02. The number of hydrogen-bond donors (Lipinski definition) is 2. The molecule has 0 spiro atoms. The quantitative estimate of drug-likeness (QED) is 0.907. The summed E-state index contributed by atoms with van der Waals surface area (Å²) in [6.07, 6.45) is 1.81. The number of amides is 1. The number of nitrogens with one attached hydrogen (secondary N) is 2. The van der Waals surface area contributed by atoms with Crippen molar-refractivity contribution in [2.75, 3.05) is 13.1 Å². The summed E-state index contributed by atoms with van der Waals surface area (Å²) >= 11 is 0. The van der Waals surface area contributed by atoms with Crippen LogP contribution in [-0.2, 0) is 11.3 Å². The number of pyridine rings is 1. The van der Waals surface area contributed by atoms with Crippen molar-refractivity contribution in [2.45, 2.75) is 32.4 Å². The number of aromatic amines is 1. The van der Waals surface area contributed by atoms with Crippen LogP contribution in [0.25, 0.3) is 10.9 Å². The summed E-state index contributed by atoms with van der Waals surface area (Å²) in [6, 6.07) is 6.02. The third-order valence-corrected chi connectivity index (χ3v) is 4.37. The monoisotopic (exact) mass is 317 g/mol. The van der Waals surface area contributed by atoms with Crippen LogP contribution in [0.3, 0.4) is 0 Å². The maximum atomic E-state index is 13.2. The van der Waals surface area contributed by atoms with E-state index in [1.54, 1.807) is 13.0 Å². The van der Waals surface area contributed by atoms with Gasteiger partial charge >= 0.3 is 0 Å². The highest BCUT2D eigenvalue weighted by atomic mass is 19.1. The first-order valence-electron chi connectivity index (χ1n) is 7.83. The van der Waals surface area contributed by atoms with Gasteiger partial charge < -0.3 is 15.2 Å². The Hall–Kier alpha value is -2.21. The van der Waals surface area contributed by atoms with E-state index in [2.05, 4.69) is 10.3 Å². The minimum absolute atomic E-state index is 0.120.